The molecule has 0 aliphatic heterocycles. The zero-order valence-corrected chi connectivity index (χ0v) is 9.68. The van der Waals surface area contributed by atoms with Crippen molar-refractivity contribution in [3.8, 4) is 0 Å². The lowest BCUT2D eigenvalue weighted by atomic mass is 10.5. The quantitative estimate of drug-likeness (QED) is 0.408. The summed E-state index contributed by atoms with van der Waals surface area (Å²) in [5.41, 5.74) is 0. The lowest BCUT2D eigenvalue weighted by molar-refractivity contribution is -0.126. The number of carbonyl (C=O) groups is 1. The maximum absolute atomic E-state index is 9.77. The van der Waals surface area contributed by atoms with Crippen LogP contribution in [0.15, 0.2) is 22.8 Å². The fourth-order valence-electron chi connectivity index (χ4n) is 0.677. The van der Waals surface area contributed by atoms with Crippen molar-refractivity contribution in [1.29, 1.82) is 0 Å². The monoisotopic (exact) mass is 230 g/mol. The van der Waals surface area contributed by atoms with Gasteiger partial charge in [-0.25, -0.2) is 0 Å². The fourth-order valence-corrected chi connectivity index (χ4v) is 0.677. The third kappa shape index (κ3) is 9.39. The highest BCUT2D eigenvalue weighted by Gasteiger charge is 1.84. The summed E-state index contributed by atoms with van der Waals surface area (Å²) >= 11 is 0. The van der Waals surface area contributed by atoms with Crippen LogP contribution in [0.25, 0.3) is 0 Å². The number of rotatable bonds is 7. The molecular weight excluding hydrogens is 212 g/mol. The molecule has 0 fully saturated rings. The molecule has 0 saturated heterocycles. The predicted molar refractivity (Wildman–Crippen MR) is 58.2 cm³/mol. The molecule has 0 N–H and O–H groups in total. The van der Waals surface area contributed by atoms with Gasteiger partial charge in [0.25, 0.3) is 0 Å². The highest BCUT2D eigenvalue weighted by molar-refractivity contribution is 5.69. The number of carbonyl (C=O) groups excluding carboxylic acids is 1. The molecule has 0 saturated carbocycles. The first-order valence-corrected chi connectivity index (χ1v) is 5.07. The van der Waals surface area contributed by atoms with Crippen molar-refractivity contribution < 1.29 is 23.4 Å². The van der Waals surface area contributed by atoms with Crippen LogP contribution in [-0.2, 0) is 14.2 Å². The van der Waals surface area contributed by atoms with Crippen LogP contribution in [-0.4, -0.2) is 33.1 Å². The third-order valence-electron chi connectivity index (χ3n) is 1.40. The first-order chi connectivity index (χ1) is 7.85. The summed E-state index contributed by atoms with van der Waals surface area (Å²) < 4.78 is 19.2. The molecule has 5 heteroatoms. The second kappa shape index (κ2) is 11.9. The second-order valence-corrected chi connectivity index (χ2v) is 2.56. The SMILES string of the molecule is CCOCOCOCC.O=Cc1ccco1. The summed E-state index contributed by atoms with van der Waals surface area (Å²) in [4.78, 5) is 9.77. The number of hydrogen-bond donors (Lipinski definition) is 0. The van der Waals surface area contributed by atoms with Crippen molar-refractivity contribution in [3.05, 3.63) is 24.2 Å². The standard InChI is InChI=1S/C6H14O3.C5H4O2/c1-3-7-5-9-6-8-4-2;6-4-5-2-1-3-7-5/h3-6H2,1-2H3;1-4H. The molecule has 0 unspecified atom stereocenters. The normalized spacial score (nSPS) is 9.38. The summed E-state index contributed by atoms with van der Waals surface area (Å²) in [7, 11) is 0. The Morgan fingerprint density at radius 3 is 2.12 bits per heavy atom. The zero-order chi connectivity index (χ0) is 12.1. The van der Waals surface area contributed by atoms with Gasteiger partial charge in [-0.3, -0.25) is 4.79 Å². The third-order valence-corrected chi connectivity index (χ3v) is 1.40. The topological polar surface area (TPSA) is 57.9 Å². The van der Waals surface area contributed by atoms with Crippen molar-refractivity contribution in [1.82, 2.24) is 0 Å². The molecule has 0 aliphatic carbocycles. The average Bonchev–Trinajstić information content (AvgIpc) is 2.83. The van der Waals surface area contributed by atoms with Crippen LogP contribution in [0.2, 0.25) is 0 Å². The second-order valence-electron chi connectivity index (χ2n) is 2.56. The van der Waals surface area contributed by atoms with Crippen LogP contribution in [0.5, 0.6) is 0 Å². The minimum absolute atomic E-state index is 0.330. The maximum atomic E-state index is 9.77. The van der Waals surface area contributed by atoms with Crippen molar-refractivity contribution in [2.75, 3.05) is 26.8 Å². The van der Waals surface area contributed by atoms with Gasteiger partial charge < -0.3 is 18.6 Å². The molecule has 16 heavy (non-hydrogen) atoms. The largest absolute Gasteiger partial charge is 0.462 e. The van der Waals surface area contributed by atoms with E-state index in [0.717, 1.165) is 0 Å². The molecule has 1 rings (SSSR count). The molecule has 0 bridgehead atoms. The maximum Gasteiger partial charge on any atom is 0.185 e. The molecule has 0 spiro atoms. The number of hydrogen-bond acceptors (Lipinski definition) is 5. The Bertz CT molecular complexity index is 227. The van der Waals surface area contributed by atoms with Crippen LogP contribution in [0, 0.1) is 0 Å². The smallest absolute Gasteiger partial charge is 0.185 e. The molecular formula is C11H18O5. The van der Waals surface area contributed by atoms with Crippen molar-refractivity contribution in [2.45, 2.75) is 13.8 Å². The Labute approximate surface area is 95.3 Å². The van der Waals surface area contributed by atoms with E-state index < -0.39 is 0 Å². The highest BCUT2D eigenvalue weighted by Crippen LogP contribution is 1.92. The number of furan rings is 1. The molecule has 5 nitrogen and oxygen atoms in total. The molecule has 1 aromatic rings. The zero-order valence-electron chi connectivity index (χ0n) is 9.68. The van der Waals surface area contributed by atoms with Crippen molar-refractivity contribution in [3.63, 3.8) is 0 Å². The molecule has 0 radical (unpaired) electrons. The van der Waals surface area contributed by atoms with E-state index >= 15 is 0 Å². The Hall–Kier alpha value is -1.17. The minimum atomic E-state index is 0.330. The lowest BCUT2D eigenvalue weighted by Crippen LogP contribution is -2.03. The van der Waals surface area contributed by atoms with Crippen LogP contribution >= 0.6 is 0 Å². The molecule has 0 aliphatic rings. The molecule has 1 aromatic heterocycles. The Kier molecular flexibility index (Phi) is 11.0. The summed E-state index contributed by atoms with van der Waals surface area (Å²) in [6.07, 6.45) is 2.13. The predicted octanol–water partition coefficient (Wildman–Crippen LogP) is 2.08. The molecule has 0 amide bonds. The molecule has 0 atom stereocenters. The van der Waals surface area contributed by atoms with Crippen LogP contribution in [0.1, 0.15) is 24.4 Å². The van der Waals surface area contributed by atoms with E-state index in [1.54, 1.807) is 12.1 Å². The summed E-state index contributed by atoms with van der Waals surface area (Å²) in [6, 6.07) is 3.27. The Morgan fingerprint density at radius 1 is 1.19 bits per heavy atom. The molecule has 0 aromatic carbocycles. The van der Waals surface area contributed by atoms with E-state index in [1.807, 2.05) is 13.8 Å². The number of ether oxygens (including phenoxy) is 3. The van der Waals surface area contributed by atoms with Gasteiger partial charge in [0.05, 0.1) is 6.26 Å². The van der Waals surface area contributed by atoms with E-state index in [-0.39, 0.29) is 0 Å². The van der Waals surface area contributed by atoms with E-state index in [2.05, 4.69) is 4.42 Å². The van der Waals surface area contributed by atoms with Crippen LogP contribution in [0.4, 0.5) is 0 Å². The van der Waals surface area contributed by atoms with E-state index in [0.29, 0.717) is 38.8 Å². The van der Waals surface area contributed by atoms with Gasteiger partial charge >= 0.3 is 0 Å². The molecule has 92 valence electrons. The Morgan fingerprint density at radius 2 is 1.81 bits per heavy atom. The lowest BCUT2D eigenvalue weighted by Gasteiger charge is -2.02. The molecule has 1 heterocycles. The fraction of sp³-hybridized carbons (Fsp3) is 0.545. The Balaban J connectivity index is 0.000000288. The van der Waals surface area contributed by atoms with Gasteiger partial charge in [-0.05, 0) is 26.0 Å². The summed E-state index contributed by atoms with van der Waals surface area (Å²) in [6.45, 7) is 5.87. The van der Waals surface area contributed by atoms with Gasteiger partial charge in [0.1, 0.15) is 13.6 Å². The van der Waals surface area contributed by atoms with Crippen molar-refractivity contribution >= 4 is 6.29 Å². The van der Waals surface area contributed by atoms with E-state index in [9.17, 15) is 4.79 Å². The van der Waals surface area contributed by atoms with Gasteiger partial charge in [0, 0.05) is 13.2 Å². The van der Waals surface area contributed by atoms with Gasteiger partial charge in [-0.1, -0.05) is 0 Å². The first-order valence-electron chi connectivity index (χ1n) is 5.07. The van der Waals surface area contributed by atoms with Gasteiger partial charge in [0.15, 0.2) is 12.0 Å². The van der Waals surface area contributed by atoms with Gasteiger partial charge in [-0.2, -0.15) is 0 Å². The highest BCUT2D eigenvalue weighted by atomic mass is 16.7. The van der Waals surface area contributed by atoms with Crippen molar-refractivity contribution in [2.24, 2.45) is 0 Å². The first kappa shape index (κ1) is 14.8. The van der Waals surface area contributed by atoms with E-state index in [1.165, 1.54) is 6.26 Å². The minimum Gasteiger partial charge on any atom is -0.462 e. The van der Waals surface area contributed by atoms with Gasteiger partial charge in [-0.15, -0.1) is 0 Å². The van der Waals surface area contributed by atoms with Crippen LogP contribution in [0.3, 0.4) is 0 Å². The van der Waals surface area contributed by atoms with Gasteiger partial charge in [0.2, 0.25) is 0 Å². The van der Waals surface area contributed by atoms with Crippen LogP contribution < -0.4 is 0 Å². The summed E-state index contributed by atoms with van der Waals surface area (Å²) in [5, 5.41) is 0. The number of aldehydes is 1. The summed E-state index contributed by atoms with van der Waals surface area (Å²) in [5.74, 6) is 0.375. The van der Waals surface area contributed by atoms with E-state index in [4.69, 9.17) is 14.2 Å². The average molecular weight is 230 g/mol.